The van der Waals surface area contributed by atoms with E-state index in [1.165, 1.54) is 0 Å². The van der Waals surface area contributed by atoms with Crippen molar-refractivity contribution in [1.29, 1.82) is 0 Å². The normalized spacial score (nSPS) is 13.8. The van der Waals surface area contributed by atoms with Crippen LogP contribution in [0.4, 0.5) is 0 Å². The number of nitrogens with zero attached hydrogens (tertiary/aromatic N) is 4. The Hall–Kier alpha value is 0.207. The number of hydrogen-bond donors (Lipinski definition) is 1. The molecule has 172 valence electrons. The lowest BCUT2D eigenvalue weighted by molar-refractivity contribution is -0.0617. The van der Waals surface area contributed by atoms with Gasteiger partial charge in [0, 0.05) is 28.9 Å². The average Bonchev–Trinajstić information content (AvgIpc) is 2.48. The van der Waals surface area contributed by atoms with E-state index in [0.29, 0.717) is 40.8 Å². The zero-order chi connectivity index (χ0) is 23.3. The van der Waals surface area contributed by atoms with Gasteiger partial charge >= 0.3 is 5.59 Å². The summed E-state index contributed by atoms with van der Waals surface area (Å²) in [4.78, 5) is 4.78. The number of rotatable bonds is 10. The molecule has 0 aliphatic rings. The monoisotopic (exact) mass is 461 g/mol. The zero-order valence-electron chi connectivity index (χ0n) is 21.7. The van der Waals surface area contributed by atoms with Crippen molar-refractivity contribution in [2.75, 3.05) is 0 Å². The molecule has 0 unspecified atom stereocenters. The first-order valence-electron chi connectivity index (χ1n) is 11.5. The lowest BCUT2D eigenvalue weighted by Crippen LogP contribution is -2.44. The lowest BCUT2D eigenvalue weighted by Gasteiger charge is -2.45. The topological polar surface area (TPSA) is 32.9 Å². The summed E-state index contributed by atoms with van der Waals surface area (Å²) in [6.07, 6.45) is -2.22. The molecule has 0 amide bonds. The maximum atomic E-state index is 5.36. The van der Waals surface area contributed by atoms with Gasteiger partial charge < -0.3 is 0 Å². The molecule has 0 heterocycles. The first kappa shape index (κ1) is 29.2. The van der Waals surface area contributed by atoms with E-state index in [9.17, 15) is 0 Å². The molecular weight excluding hydrogens is 411 g/mol. The van der Waals surface area contributed by atoms with E-state index in [4.69, 9.17) is 21.8 Å². The van der Waals surface area contributed by atoms with Crippen molar-refractivity contribution in [3.63, 3.8) is 0 Å². The molecule has 4 nitrogen and oxygen atoms in total. The Morgan fingerprint density at radius 3 is 1.14 bits per heavy atom. The van der Waals surface area contributed by atoms with Crippen molar-refractivity contribution in [3.8, 4) is 0 Å². The number of hydrogen-bond acceptors (Lipinski definition) is 4. The van der Waals surface area contributed by atoms with Gasteiger partial charge in [-0.3, -0.25) is 0 Å². The third-order valence-corrected chi connectivity index (χ3v) is 16.9. The highest BCUT2D eigenvalue weighted by Gasteiger charge is 2.50. The van der Waals surface area contributed by atoms with Crippen LogP contribution in [0.2, 0.25) is 16.6 Å². The van der Waals surface area contributed by atoms with Gasteiger partial charge in [-0.05, 0) is 72.0 Å². The molecule has 0 aromatic heterocycles. The van der Waals surface area contributed by atoms with Gasteiger partial charge in [0.05, 0.1) is 0 Å². The molecule has 0 radical (unpaired) electrons. The molecule has 0 saturated carbocycles. The molecule has 29 heavy (non-hydrogen) atoms. The Labute approximate surface area is 189 Å². The summed E-state index contributed by atoms with van der Waals surface area (Å²) in [5, 5.41) is 0. The van der Waals surface area contributed by atoms with Gasteiger partial charge in [-0.15, -0.1) is 12.2 Å². The second-order valence-corrected chi connectivity index (χ2v) is 19.7. The molecule has 7 heteroatoms. The first-order chi connectivity index (χ1) is 13.1. The Bertz CT molecular complexity index is 569. The van der Waals surface area contributed by atoms with Crippen molar-refractivity contribution in [2.24, 2.45) is 4.78 Å². The summed E-state index contributed by atoms with van der Waals surface area (Å²) in [5.41, 5.74) is 5.18. The lowest BCUT2D eigenvalue weighted by atomic mass is 10.3. The van der Waals surface area contributed by atoms with Crippen LogP contribution in [0.15, 0.2) is 4.78 Å². The smallest absolute Gasteiger partial charge is 0.247 e. The van der Waals surface area contributed by atoms with Gasteiger partial charge in [-0.2, -0.15) is 0 Å². The van der Waals surface area contributed by atoms with E-state index in [2.05, 4.69) is 112 Å². The molecule has 0 bridgehead atoms. The highest BCUT2D eigenvalue weighted by Crippen LogP contribution is 2.61. The molecule has 0 N–H and O–H groups in total. The van der Waals surface area contributed by atoms with Crippen LogP contribution in [0.5, 0.6) is 0 Å². The maximum Gasteiger partial charge on any atom is 0.379 e. The second-order valence-electron chi connectivity index (χ2n) is 10.4. The summed E-state index contributed by atoms with van der Waals surface area (Å²) < 4.78 is 10.1. The standard InChI is InChI=1S/C22H50N4PSSi/c1-16(2)25(17(3)4)27(28,26(18(5)6)19(7)8)15-23-24-29(20(9)10,21(11)12)22(13)14/h16-22,28H,1-14H3/q+1. The molecule has 0 rings (SSSR count). The Morgan fingerprint density at radius 2 is 0.931 bits per heavy atom. The molecule has 0 aromatic carbocycles. The van der Waals surface area contributed by atoms with E-state index in [0.717, 1.165) is 0 Å². The van der Waals surface area contributed by atoms with Crippen molar-refractivity contribution in [1.82, 2.24) is 9.34 Å². The fraction of sp³-hybridized carbons (Fsp3) is 0.955. The minimum Gasteiger partial charge on any atom is -0.247 e. The molecule has 0 fully saturated rings. The van der Waals surface area contributed by atoms with E-state index in [1.54, 1.807) is 0 Å². The second kappa shape index (κ2) is 11.7. The van der Waals surface area contributed by atoms with Crippen LogP contribution in [0.3, 0.4) is 0 Å². The molecule has 0 spiro atoms. The van der Waals surface area contributed by atoms with E-state index in [1.807, 2.05) is 0 Å². The van der Waals surface area contributed by atoms with Gasteiger partial charge in [0.1, 0.15) is 4.79 Å². The van der Waals surface area contributed by atoms with Crippen LogP contribution in [0.1, 0.15) is 96.9 Å². The molecule has 0 aromatic rings. The molecule has 0 aliphatic carbocycles. The average molecular weight is 462 g/mol. The number of thiol groups is 1. The van der Waals surface area contributed by atoms with Gasteiger partial charge in [-0.1, -0.05) is 41.5 Å². The van der Waals surface area contributed by atoms with E-state index in [-0.39, 0.29) is 0 Å². The van der Waals surface area contributed by atoms with E-state index >= 15 is 0 Å². The molecular formula is C22H50N4PSSi+. The minimum atomic E-state index is -2.22. The quantitative estimate of drug-likeness (QED) is 0.0904. The fourth-order valence-corrected chi connectivity index (χ4v) is 16.0. The predicted molar refractivity (Wildman–Crippen MR) is 139 cm³/mol. The van der Waals surface area contributed by atoms with Crippen molar-refractivity contribution in [2.45, 2.75) is 138 Å². The predicted octanol–water partition coefficient (Wildman–Crippen LogP) is 7.66. The van der Waals surface area contributed by atoms with Crippen LogP contribution < -0.4 is 0 Å². The fourth-order valence-electron chi connectivity index (χ4n) is 5.22. The third-order valence-electron chi connectivity index (χ3n) is 5.94. The van der Waals surface area contributed by atoms with Crippen LogP contribution in [0.25, 0.3) is 0 Å². The maximum absolute atomic E-state index is 5.36. The van der Waals surface area contributed by atoms with Crippen molar-refractivity contribution in [3.05, 3.63) is 0 Å². The summed E-state index contributed by atoms with van der Waals surface area (Å²) >= 11 is 5.36. The largest absolute Gasteiger partial charge is 0.379 e. The third kappa shape index (κ3) is 6.59. The highest BCUT2D eigenvalue weighted by molar-refractivity contribution is 8.49. The Morgan fingerprint density at radius 1 is 0.655 bits per heavy atom. The SMILES string of the molecule is CC(C)N(C(C)C)P(S)(=C=[N+]=N[Si](C(C)C)(C(C)C)C(C)C)N(C(C)C)C(C)C. The van der Waals surface area contributed by atoms with Crippen molar-refractivity contribution < 1.29 is 4.79 Å². The van der Waals surface area contributed by atoms with Gasteiger partial charge in [0.15, 0.2) is 0 Å². The Kier molecular flexibility index (Phi) is 11.8. The van der Waals surface area contributed by atoms with Gasteiger partial charge in [0.2, 0.25) is 6.39 Å². The van der Waals surface area contributed by atoms with Crippen molar-refractivity contribution >= 4 is 32.5 Å². The Balaban J connectivity index is 7.22. The van der Waals surface area contributed by atoms with Gasteiger partial charge in [-0.25, -0.2) is 9.34 Å². The molecule has 0 aliphatic heterocycles. The molecule has 0 atom stereocenters. The van der Waals surface area contributed by atoms with Gasteiger partial charge in [0.25, 0.3) is 8.24 Å². The summed E-state index contributed by atoms with van der Waals surface area (Å²) in [6.45, 7) is 31.9. The van der Waals surface area contributed by atoms with Crippen LogP contribution in [-0.4, -0.2) is 52.1 Å². The van der Waals surface area contributed by atoms with Crippen LogP contribution >= 0.6 is 18.6 Å². The summed E-state index contributed by atoms with van der Waals surface area (Å²) in [7, 11) is -1.96. The minimum absolute atomic E-state index is 0.353. The van der Waals surface area contributed by atoms with Crippen LogP contribution in [-0.2, 0) is 0 Å². The van der Waals surface area contributed by atoms with Crippen LogP contribution in [0, 0.1) is 0 Å². The summed E-state index contributed by atoms with van der Waals surface area (Å²) in [5.74, 6) is 0. The summed E-state index contributed by atoms with van der Waals surface area (Å²) in [6, 6.07) is 1.41. The first-order valence-corrected chi connectivity index (χ1v) is 16.5. The zero-order valence-corrected chi connectivity index (χ0v) is 24.5. The van der Waals surface area contributed by atoms with E-state index < -0.39 is 14.6 Å². The molecule has 0 saturated heterocycles. The highest BCUT2D eigenvalue weighted by atomic mass is 32.7.